The van der Waals surface area contributed by atoms with E-state index in [4.69, 9.17) is 0 Å². The van der Waals surface area contributed by atoms with Crippen LogP contribution in [0.3, 0.4) is 0 Å². The first-order valence-electron chi connectivity index (χ1n) is 10.2. The summed E-state index contributed by atoms with van der Waals surface area (Å²) in [5.41, 5.74) is 1.86. The van der Waals surface area contributed by atoms with Crippen molar-refractivity contribution in [1.29, 1.82) is 0 Å². The van der Waals surface area contributed by atoms with E-state index in [1.807, 2.05) is 4.90 Å². The van der Waals surface area contributed by atoms with E-state index >= 15 is 0 Å². The fraction of sp³-hybridized carbons (Fsp3) is 0.300. The maximum Gasteiger partial charge on any atom is 1.00 e. The zero-order valence-corrected chi connectivity index (χ0v) is 27.1. The van der Waals surface area contributed by atoms with Crippen LogP contribution in [-0.4, -0.2) is 55.6 Å². The van der Waals surface area contributed by atoms with Crippen molar-refractivity contribution in [3.05, 3.63) is 36.4 Å². The van der Waals surface area contributed by atoms with Crippen molar-refractivity contribution in [2.45, 2.75) is 24.7 Å². The Bertz CT molecular complexity index is 1500. The number of benzene rings is 2. The van der Waals surface area contributed by atoms with Gasteiger partial charge in [0.05, 0.1) is 26.2 Å². The van der Waals surface area contributed by atoms with E-state index in [1.165, 1.54) is 25.1 Å². The largest absolute Gasteiger partial charge is 1.00 e. The molecule has 188 valence electrons. The first-order valence-corrected chi connectivity index (χ1v) is 13.9. The Balaban J connectivity index is 0.00000342. The maximum atomic E-state index is 11.7. The molecule has 0 aliphatic rings. The van der Waals surface area contributed by atoms with Crippen molar-refractivity contribution in [1.82, 2.24) is 4.37 Å². The molecule has 0 radical (unpaired) electrons. The fourth-order valence-electron chi connectivity index (χ4n) is 3.13. The van der Waals surface area contributed by atoms with E-state index in [2.05, 4.69) is 19.9 Å². The minimum atomic E-state index is -4.65. The molecule has 0 saturated carbocycles. The maximum absolute atomic E-state index is 11.7. The number of anilines is 2. The number of rotatable bonds is 10. The number of hydrogen-bond donors (Lipinski definition) is 1. The summed E-state index contributed by atoms with van der Waals surface area (Å²) in [5, 5.41) is 11.6. The monoisotopic (exact) mass is 585 g/mol. The minimum absolute atomic E-state index is 0. The van der Waals surface area contributed by atoms with Gasteiger partial charge in [0, 0.05) is 37.3 Å². The summed E-state index contributed by atoms with van der Waals surface area (Å²) in [6.07, 6.45) is 0.716. The Morgan fingerprint density at radius 2 is 1.76 bits per heavy atom. The predicted octanol–water partition coefficient (Wildman–Crippen LogP) is -2.66. The van der Waals surface area contributed by atoms with Crippen LogP contribution in [0, 0.1) is 0 Å². The molecule has 12 nitrogen and oxygen atoms in total. The van der Waals surface area contributed by atoms with Crippen molar-refractivity contribution in [2.75, 3.05) is 29.6 Å². The second-order valence-electron chi connectivity index (χ2n) is 7.59. The van der Waals surface area contributed by atoms with Gasteiger partial charge in [-0.15, -0.1) is 10.2 Å². The summed E-state index contributed by atoms with van der Waals surface area (Å²) >= 11 is 0.974. The van der Waals surface area contributed by atoms with Crippen LogP contribution in [0.25, 0.3) is 10.9 Å². The van der Waals surface area contributed by atoms with Crippen LogP contribution in [0.5, 0.6) is 0 Å². The fourth-order valence-corrected chi connectivity index (χ4v) is 4.87. The van der Waals surface area contributed by atoms with E-state index in [-0.39, 0.29) is 76.4 Å². The summed E-state index contributed by atoms with van der Waals surface area (Å²) in [6, 6.07) is 8.81. The average Bonchev–Trinajstić information content (AvgIpc) is 3.16. The molecule has 0 aliphatic carbocycles. The van der Waals surface area contributed by atoms with Gasteiger partial charge in [0.2, 0.25) is 5.91 Å². The number of azo groups is 1. The zero-order valence-electron chi connectivity index (χ0n) is 20.7. The van der Waals surface area contributed by atoms with Crippen LogP contribution < -0.4 is 69.3 Å². The average molecular weight is 586 g/mol. The van der Waals surface area contributed by atoms with Crippen molar-refractivity contribution in [2.24, 2.45) is 10.2 Å². The smallest absolute Gasteiger partial charge is 0.748 e. The molecule has 37 heavy (non-hydrogen) atoms. The molecule has 3 rings (SSSR count). The third kappa shape index (κ3) is 10.3. The van der Waals surface area contributed by atoms with E-state index in [9.17, 15) is 30.7 Å². The van der Waals surface area contributed by atoms with Crippen LogP contribution in [0.2, 0.25) is 0 Å². The van der Waals surface area contributed by atoms with Gasteiger partial charge in [0.1, 0.15) is 15.8 Å². The molecule has 0 saturated heterocycles. The summed E-state index contributed by atoms with van der Waals surface area (Å²) < 4.78 is 70.4. The molecule has 3 aromatic rings. The molecule has 0 unspecified atom stereocenters. The molecular formula is C20H21N5Na2O7S3. The second-order valence-corrected chi connectivity index (χ2v) is 11.2. The van der Waals surface area contributed by atoms with Crippen molar-refractivity contribution in [3.8, 4) is 0 Å². The van der Waals surface area contributed by atoms with Crippen LogP contribution in [0.15, 0.2) is 51.5 Å². The quantitative estimate of drug-likeness (QED) is 0.115. The van der Waals surface area contributed by atoms with Crippen LogP contribution >= 0.6 is 11.5 Å². The van der Waals surface area contributed by atoms with E-state index in [0.29, 0.717) is 40.9 Å². The van der Waals surface area contributed by atoms with Crippen LogP contribution in [0.4, 0.5) is 22.1 Å². The standard InChI is InChI=1S/C20H23N5O7S3.2Na/c1-13(26)21-19-11-14(25(2)9-3-4-10-34(27,28)29)5-7-18(19)22-23-20-16-12-15(35(30,31)32)6-8-17(16)24-33-20;;/h5-8,11-12H,3-4,9-10H2,1-2H3,(H,21,26)(H,27,28,29)(H,30,31,32);;/q;2*+1/p-2. The van der Waals surface area contributed by atoms with Gasteiger partial charge in [0.25, 0.3) is 0 Å². The van der Waals surface area contributed by atoms with Gasteiger partial charge in [0.15, 0.2) is 5.00 Å². The Kier molecular flexibility index (Phi) is 13.3. The Hall–Kier alpha value is -0.980. The Morgan fingerprint density at radius 1 is 1.05 bits per heavy atom. The Morgan fingerprint density at radius 3 is 2.38 bits per heavy atom. The minimum Gasteiger partial charge on any atom is -0.748 e. The molecule has 0 atom stereocenters. The number of unbranched alkanes of at least 4 members (excludes halogenated alkanes) is 1. The van der Waals surface area contributed by atoms with Gasteiger partial charge in [-0.05, 0) is 60.8 Å². The molecular weight excluding hydrogens is 564 g/mol. The van der Waals surface area contributed by atoms with E-state index in [1.54, 1.807) is 25.2 Å². The number of nitrogens with one attached hydrogen (secondary N) is 1. The number of hydrogen-bond acceptors (Lipinski definition) is 12. The summed E-state index contributed by atoms with van der Waals surface area (Å²) in [6.45, 7) is 1.82. The molecule has 1 N–H and O–H groups in total. The zero-order chi connectivity index (χ0) is 25.8. The number of fused-ring (bicyclic) bond motifs is 1. The number of nitrogens with zero attached hydrogens (tertiary/aromatic N) is 4. The predicted molar refractivity (Wildman–Crippen MR) is 130 cm³/mol. The molecule has 1 aromatic heterocycles. The van der Waals surface area contributed by atoms with Crippen molar-refractivity contribution >= 4 is 70.6 Å². The molecule has 0 spiro atoms. The Labute approximate surface area is 263 Å². The number of carbonyl (C=O) groups is 1. The van der Waals surface area contributed by atoms with Crippen LogP contribution in [-0.2, 0) is 25.0 Å². The molecule has 0 aliphatic heterocycles. The van der Waals surface area contributed by atoms with Gasteiger partial charge in [-0.1, -0.05) is 0 Å². The second kappa shape index (κ2) is 14.4. The van der Waals surface area contributed by atoms with E-state index < -0.39 is 30.9 Å². The molecule has 1 heterocycles. The van der Waals surface area contributed by atoms with Crippen molar-refractivity contribution < 1.29 is 89.9 Å². The van der Waals surface area contributed by atoms with Gasteiger partial charge >= 0.3 is 59.1 Å². The number of aromatic nitrogens is 1. The topological polar surface area (TPSA) is 184 Å². The third-order valence-electron chi connectivity index (χ3n) is 4.84. The summed E-state index contributed by atoms with van der Waals surface area (Å²) in [4.78, 5) is 13.1. The summed E-state index contributed by atoms with van der Waals surface area (Å²) in [7, 11) is -7.11. The summed E-state index contributed by atoms with van der Waals surface area (Å²) in [5.74, 6) is -0.762. The van der Waals surface area contributed by atoms with Gasteiger partial charge in [-0.2, -0.15) is 4.37 Å². The number of amides is 1. The molecule has 0 bridgehead atoms. The third-order valence-corrected chi connectivity index (χ3v) is 7.22. The first kappa shape index (κ1) is 34.0. The number of carbonyl (C=O) groups excluding carboxylic acids is 1. The van der Waals surface area contributed by atoms with Gasteiger partial charge in [-0.3, -0.25) is 4.79 Å². The van der Waals surface area contributed by atoms with Gasteiger partial charge in [-0.25, -0.2) is 16.8 Å². The normalized spacial score (nSPS) is 11.7. The SMILES string of the molecule is CC(=O)Nc1cc(N(C)CCCCS(=O)(=O)[O-])ccc1N=Nc1snc2ccc(S(=O)(=O)[O-])cc12.[Na+].[Na+]. The van der Waals surface area contributed by atoms with Crippen molar-refractivity contribution in [3.63, 3.8) is 0 Å². The molecule has 1 amide bonds. The first-order chi connectivity index (χ1) is 16.3. The molecule has 0 fully saturated rings. The molecule has 2 aromatic carbocycles. The van der Waals surface area contributed by atoms with E-state index in [0.717, 1.165) is 11.5 Å². The van der Waals surface area contributed by atoms with Gasteiger partial charge < -0.3 is 19.3 Å². The van der Waals surface area contributed by atoms with Crippen LogP contribution in [0.1, 0.15) is 19.8 Å². The molecule has 17 heteroatoms.